The molecule has 4 rings (SSSR count). The molecule has 1 aromatic carbocycles. The van der Waals surface area contributed by atoms with Crippen LogP contribution in [-0.4, -0.2) is 53.3 Å². The van der Waals surface area contributed by atoms with Crippen molar-refractivity contribution in [2.75, 3.05) is 43.2 Å². The number of hydrogen-bond donors (Lipinski definition) is 0. The number of aromatic nitrogens is 4. The molecule has 0 amide bonds. The first kappa shape index (κ1) is 15.7. The van der Waals surface area contributed by atoms with Crippen molar-refractivity contribution < 1.29 is 4.74 Å². The lowest BCUT2D eigenvalue weighted by atomic mass is 10.2. The zero-order valence-electron chi connectivity index (χ0n) is 14.4. The van der Waals surface area contributed by atoms with Crippen molar-refractivity contribution in [1.29, 1.82) is 0 Å². The fourth-order valence-corrected chi connectivity index (χ4v) is 2.95. The Kier molecular flexibility index (Phi) is 4.15. The largest absolute Gasteiger partial charge is 0.378 e. The van der Waals surface area contributed by atoms with Gasteiger partial charge >= 0.3 is 0 Å². The van der Waals surface area contributed by atoms with E-state index in [9.17, 15) is 0 Å². The van der Waals surface area contributed by atoms with Gasteiger partial charge in [-0.25, -0.2) is 19.9 Å². The van der Waals surface area contributed by atoms with Crippen LogP contribution in [0.25, 0.3) is 11.0 Å². The maximum atomic E-state index is 5.41. The summed E-state index contributed by atoms with van der Waals surface area (Å²) in [7, 11) is 1.99. The van der Waals surface area contributed by atoms with Gasteiger partial charge in [0.25, 0.3) is 0 Å². The van der Waals surface area contributed by atoms with Gasteiger partial charge in [-0.1, -0.05) is 12.1 Å². The number of fused-ring (bicyclic) bond motifs is 1. The van der Waals surface area contributed by atoms with E-state index in [1.807, 2.05) is 18.0 Å². The summed E-state index contributed by atoms with van der Waals surface area (Å²) in [6.07, 6.45) is 3.32. The molecule has 0 aliphatic carbocycles. The van der Waals surface area contributed by atoms with E-state index in [4.69, 9.17) is 9.72 Å². The van der Waals surface area contributed by atoms with Crippen molar-refractivity contribution in [2.45, 2.75) is 6.92 Å². The number of aryl methyl sites for hydroxylation is 1. The number of nitrogens with zero attached hydrogens (tertiary/aromatic N) is 6. The molecule has 25 heavy (non-hydrogen) atoms. The number of ether oxygens (including phenoxy) is 1. The Labute approximate surface area is 146 Å². The maximum Gasteiger partial charge on any atom is 0.226 e. The molecular formula is C18H20N6O. The number of hydrogen-bond acceptors (Lipinski definition) is 7. The van der Waals surface area contributed by atoms with Crippen molar-refractivity contribution in [3.05, 3.63) is 42.4 Å². The Morgan fingerprint density at radius 2 is 1.96 bits per heavy atom. The standard InChI is InChI=1S/C18H20N6O/c1-13-4-3-5-14(10-13)23(2)17-16-15(20-12-21-17)11-19-18(22-16)24-6-8-25-9-7-24/h3-5,10-12H,6-9H2,1-2H3. The lowest BCUT2D eigenvalue weighted by Crippen LogP contribution is -2.37. The molecule has 0 bridgehead atoms. The second-order valence-electron chi connectivity index (χ2n) is 6.10. The fraction of sp³-hybridized carbons (Fsp3) is 0.333. The SMILES string of the molecule is Cc1cccc(N(C)c2ncnc3cnc(N4CCOCC4)nc23)c1. The Hall–Kier alpha value is -2.80. The van der Waals surface area contributed by atoms with Crippen LogP contribution < -0.4 is 9.80 Å². The molecule has 0 unspecified atom stereocenters. The molecule has 0 radical (unpaired) electrons. The molecule has 0 spiro atoms. The van der Waals surface area contributed by atoms with E-state index < -0.39 is 0 Å². The van der Waals surface area contributed by atoms with Crippen LogP contribution in [0.2, 0.25) is 0 Å². The van der Waals surface area contributed by atoms with Crippen LogP contribution in [0.5, 0.6) is 0 Å². The number of benzene rings is 1. The van der Waals surface area contributed by atoms with Crippen LogP contribution in [0, 0.1) is 6.92 Å². The third kappa shape index (κ3) is 3.10. The monoisotopic (exact) mass is 336 g/mol. The van der Waals surface area contributed by atoms with Gasteiger partial charge < -0.3 is 14.5 Å². The predicted molar refractivity (Wildman–Crippen MR) is 97.4 cm³/mol. The molecule has 1 fully saturated rings. The second-order valence-corrected chi connectivity index (χ2v) is 6.10. The van der Waals surface area contributed by atoms with E-state index in [2.05, 4.69) is 45.0 Å². The van der Waals surface area contributed by atoms with Crippen molar-refractivity contribution in [1.82, 2.24) is 19.9 Å². The second kappa shape index (κ2) is 6.60. The van der Waals surface area contributed by atoms with Crippen LogP contribution in [0.15, 0.2) is 36.8 Å². The predicted octanol–water partition coefficient (Wildman–Crippen LogP) is 2.33. The molecule has 7 nitrogen and oxygen atoms in total. The van der Waals surface area contributed by atoms with E-state index in [-0.39, 0.29) is 0 Å². The quantitative estimate of drug-likeness (QED) is 0.727. The van der Waals surface area contributed by atoms with Gasteiger partial charge in [0.05, 0.1) is 19.4 Å². The lowest BCUT2D eigenvalue weighted by molar-refractivity contribution is 0.122. The first-order valence-corrected chi connectivity index (χ1v) is 8.33. The highest BCUT2D eigenvalue weighted by molar-refractivity contribution is 5.87. The van der Waals surface area contributed by atoms with Gasteiger partial charge in [0.15, 0.2) is 5.82 Å². The summed E-state index contributed by atoms with van der Waals surface area (Å²) in [4.78, 5) is 22.2. The smallest absolute Gasteiger partial charge is 0.226 e. The van der Waals surface area contributed by atoms with Crippen LogP contribution in [0.1, 0.15) is 5.56 Å². The average molecular weight is 336 g/mol. The number of rotatable bonds is 3. The summed E-state index contributed by atoms with van der Waals surface area (Å²) < 4.78 is 5.41. The number of anilines is 3. The lowest BCUT2D eigenvalue weighted by Gasteiger charge is -2.27. The van der Waals surface area contributed by atoms with E-state index in [1.54, 1.807) is 12.5 Å². The Balaban J connectivity index is 1.77. The minimum Gasteiger partial charge on any atom is -0.378 e. The molecule has 1 aliphatic rings. The molecule has 0 N–H and O–H groups in total. The third-order valence-corrected chi connectivity index (χ3v) is 4.35. The summed E-state index contributed by atoms with van der Waals surface area (Å²) >= 11 is 0. The van der Waals surface area contributed by atoms with E-state index in [0.717, 1.165) is 35.6 Å². The molecule has 128 valence electrons. The minimum absolute atomic E-state index is 0.697. The van der Waals surface area contributed by atoms with Gasteiger partial charge in [-0.15, -0.1) is 0 Å². The highest BCUT2D eigenvalue weighted by atomic mass is 16.5. The Morgan fingerprint density at radius 3 is 2.76 bits per heavy atom. The molecule has 0 atom stereocenters. The molecule has 1 saturated heterocycles. The maximum absolute atomic E-state index is 5.41. The van der Waals surface area contributed by atoms with Crippen molar-refractivity contribution >= 4 is 28.5 Å². The van der Waals surface area contributed by atoms with Crippen LogP contribution >= 0.6 is 0 Å². The molecule has 0 saturated carbocycles. The average Bonchev–Trinajstić information content (AvgIpc) is 2.67. The van der Waals surface area contributed by atoms with Gasteiger partial charge in [0, 0.05) is 25.8 Å². The zero-order valence-corrected chi connectivity index (χ0v) is 14.4. The van der Waals surface area contributed by atoms with Gasteiger partial charge in [-0.2, -0.15) is 0 Å². The fourth-order valence-electron chi connectivity index (χ4n) is 2.95. The molecule has 3 aromatic rings. The van der Waals surface area contributed by atoms with Crippen LogP contribution in [0.3, 0.4) is 0 Å². The van der Waals surface area contributed by atoms with Gasteiger partial charge in [0.1, 0.15) is 17.4 Å². The number of morpholine rings is 1. The van der Waals surface area contributed by atoms with Crippen LogP contribution in [0.4, 0.5) is 17.5 Å². The van der Waals surface area contributed by atoms with E-state index in [1.165, 1.54) is 5.56 Å². The summed E-state index contributed by atoms with van der Waals surface area (Å²) in [5.74, 6) is 1.47. The van der Waals surface area contributed by atoms with Crippen molar-refractivity contribution in [3.8, 4) is 0 Å². The topological polar surface area (TPSA) is 67.3 Å². The van der Waals surface area contributed by atoms with Gasteiger partial charge in [0.2, 0.25) is 5.95 Å². The molecular weight excluding hydrogens is 316 g/mol. The summed E-state index contributed by atoms with van der Waals surface area (Å²) in [5, 5.41) is 0. The third-order valence-electron chi connectivity index (χ3n) is 4.35. The van der Waals surface area contributed by atoms with Crippen molar-refractivity contribution in [3.63, 3.8) is 0 Å². The Morgan fingerprint density at radius 1 is 1.12 bits per heavy atom. The van der Waals surface area contributed by atoms with E-state index in [0.29, 0.717) is 19.2 Å². The Bertz CT molecular complexity index is 894. The molecule has 7 heteroatoms. The van der Waals surface area contributed by atoms with Crippen molar-refractivity contribution in [2.24, 2.45) is 0 Å². The summed E-state index contributed by atoms with van der Waals surface area (Å²) in [5.41, 5.74) is 3.75. The highest BCUT2D eigenvalue weighted by Crippen LogP contribution is 2.28. The highest BCUT2D eigenvalue weighted by Gasteiger charge is 2.17. The first-order chi connectivity index (χ1) is 12.2. The minimum atomic E-state index is 0.697. The molecule has 1 aliphatic heterocycles. The normalized spacial score (nSPS) is 14.7. The first-order valence-electron chi connectivity index (χ1n) is 8.33. The summed E-state index contributed by atoms with van der Waals surface area (Å²) in [6, 6.07) is 8.30. The van der Waals surface area contributed by atoms with Crippen LogP contribution in [-0.2, 0) is 4.74 Å². The molecule has 3 heterocycles. The van der Waals surface area contributed by atoms with Gasteiger partial charge in [-0.3, -0.25) is 0 Å². The molecule has 2 aromatic heterocycles. The zero-order chi connectivity index (χ0) is 17.2. The summed E-state index contributed by atoms with van der Waals surface area (Å²) in [6.45, 7) is 5.06. The van der Waals surface area contributed by atoms with E-state index >= 15 is 0 Å². The van der Waals surface area contributed by atoms with Gasteiger partial charge in [-0.05, 0) is 24.6 Å².